The molecule has 1 aromatic rings. The van der Waals surface area contributed by atoms with Crippen LogP contribution in [-0.2, 0) is 6.54 Å². The molecule has 0 aliphatic heterocycles. The third-order valence-electron chi connectivity index (χ3n) is 3.10. The van der Waals surface area contributed by atoms with Crippen molar-refractivity contribution >= 4 is 23.2 Å². The lowest BCUT2D eigenvalue weighted by Gasteiger charge is -2.39. The van der Waals surface area contributed by atoms with Crippen molar-refractivity contribution in [1.82, 2.24) is 5.32 Å². The number of nitrogens with one attached hydrogen (secondary N) is 1. The number of benzene rings is 1. The van der Waals surface area contributed by atoms with Gasteiger partial charge in [0.15, 0.2) is 0 Å². The first-order chi connectivity index (χ1) is 7.07. The molecule has 0 saturated heterocycles. The zero-order valence-electron chi connectivity index (χ0n) is 8.82. The quantitative estimate of drug-likeness (QED) is 0.846. The summed E-state index contributed by atoms with van der Waals surface area (Å²) in [5.74, 6) is 0. The Morgan fingerprint density at radius 1 is 1.20 bits per heavy atom. The minimum Gasteiger partial charge on any atom is -0.307 e. The molecule has 0 radical (unpaired) electrons. The normalized spacial score (nSPS) is 18.6. The van der Waals surface area contributed by atoms with Gasteiger partial charge in [-0.15, -0.1) is 0 Å². The molecule has 1 saturated carbocycles. The van der Waals surface area contributed by atoms with Crippen molar-refractivity contribution in [3.8, 4) is 0 Å². The third-order valence-corrected chi connectivity index (χ3v) is 3.54. The van der Waals surface area contributed by atoms with Crippen molar-refractivity contribution in [3.05, 3.63) is 33.8 Å². The fourth-order valence-electron chi connectivity index (χ4n) is 1.91. The van der Waals surface area contributed by atoms with E-state index in [2.05, 4.69) is 12.2 Å². The van der Waals surface area contributed by atoms with Gasteiger partial charge in [0.25, 0.3) is 0 Å². The summed E-state index contributed by atoms with van der Waals surface area (Å²) in [5.41, 5.74) is 1.48. The maximum absolute atomic E-state index is 5.94. The second kappa shape index (κ2) is 4.32. The zero-order valence-corrected chi connectivity index (χ0v) is 10.3. The molecule has 1 fully saturated rings. The SMILES string of the molecule is CC1(NCc2cc(Cl)cc(Cl)c2)CCC1. The molecule has 1 aliphatic rings. The summed E-state index contributed by atoms with van der Waals surface area (Å²) in [4.78, 5) is 0. The molecule has 0 heterocycles. The molecular formula is C12H15Cl2N. The molecule has 3 heteroatoms. The Labute approximate surface area is 101 Å². The first kappa shape index (κ1) is 11.3. The molecule has 1 N–H and O–H groups in total. The molecule has 1 nitrogen and oxygen atoms in total. The lowest BCUT2D eigenvalue weighted by atomic mass is 9.78. The third kappa shape index (κ3) is 2.87. The summed E-state index contributed by atoms with van der Waals surface area (Å²) in [6.07, 6.45) is 3.86. The molecule has 1 aliphatic carbocycles. The highest BCUT2D eigenvalue weighted by molar-refractivity contribution is 6.34. The van der Waals surface area contributed by atoms with Gasteiger partial charge in [0, 0.05) is 22.1 Å². The van der Waals surface area contributed by atoms with E-state index in [4.69, 9.17) is 23.2 Å². The van der Waals surface area contributed by atoms with Crippen molar-refractivity contribution in [2.24, 2.45) is 0 Å². The van der Waals surface area contributed by atoms with E-state index in [9.17, 15) is 0 Å². The monoisotopic (exact) mass is 243 g/mol. The summed E-state index contributed by atoms with van der Waals surface area (Å²) < 4.78 is 0. The summed E-state index contributed by atoms with van der Waals surface area (Å²) >= 11 is 11.9. The highest BCUT2D eigenvalue weighted by Gasteiger charge is 2.30. The topological polar surface area (TPSA) is 12.0 Å². The Morgan fingerprint density at radius 3 is 2.27 bits per heavy atom. The molecule has 0 spiro atoms. The van der Waals surface area contributed by atoms with Crippen molar-refractivity contribution in [2.45, 2.75) is 38.3 Å². The Hall–Kier alpha value is -0.240. The van der Waals surface area contributed by atoms with E-state index >= 15 is 0 Å². The second-order valence-corrected chi connectivity index (χ2v) is 5.42. The molecule has 15 heavy (non-hydrogen) atoms. The average Bonchev–Trinajstić information content (AvgIpc) is 2.10. The fraction of sp³-hybridized carbons (Fsp3) is 0.500. The molecule has 0 atom stereocenters. The van der Waals surface area contributed by atoms with Crippen LogP contribution in [-0.4, -0.2) is 5.54 Å². The molecule has 82 valence electrons. The molecule has 0 amide bonds. The smallest absolute Gasteiger partial charge is 0.0424 e. The molecule has 0 aromatic heterocycles. The van der Waals surface area contributed by atoms with E-state index in [0.29, 0.717) is 15.6 Å². The minimum atomic E-state index is 0.328. The highest BCUT2D eigenvalue weighted by atomic mass is 35.5. The maximum Gasteiger partial charge on any atom is 0.0424 e. The molecule has 0 unspecified atom stereocenters. The lowest BCUT2D eigenvalue weighted by molar-refractivity contribution is 0.207. The van der Waals surface area contributed by atoms with Gasteiger partial charge >= 0.3 is 0 Å². The van der Waals surface area contributed by atoms with Crippen molar-refractivity contribution in [2.75, 3.05) is 0 Å². The first-order valence-electron chi connectivity index (χ1n) is 5.27. The maximum atomic E-state index is 5.94. The van der Waals surface area contributed by atoms with Crippen LogP contribution in [0.1, 0.15) is 31.7 Å². The standard InChI is InChI=1S/C12H15Cl2N/c1-12(3-2-4-12)15-8-9-5-10(13)7-11(14)6-9/h5-7,15H,2-4,8H2,1H3. The van der Waals surface area contributed by atoms with Gasteiger partial charge in [0.2, 0.25) is 0 Å². The van der Waals surface area contributed by atoms with Crippen LogP contribution in [0.3, 0.4) is 0 Å². The van der Waals surface area contributed by atoms with Crippen LogP contribution < -0.4 is 5.32 Å². The van der Waals surface area contributed by atoms with E-state index in [1.165, 1.54) is 19.3 Å². The minimum absolute atomic E-state index is 0.328. The van der Waals surface area contributed by atoms with Crippen molar-refractivity contribution in [1.29, 1.82) is 0 Å². The van der Waals surface area contributed by atoms with Gasteiger partial charge in [-0.05, 0) is 49.9 Å². The number of rotatable bonds is 3. The van der Waals surface area contributed by atoms with Gasteiger partial charge in [0.05, 0.1) is 0 Å². The van der Waals surface area contributed by atoms with E-state index in [1.54, 1.807) is 6.07 Å². The summed E-state index contributed by atoms with van der Waals surface area (Å²) in [6.45, 7) is 3.11. The van der Waals surface area contributed by atoms with Crippen molar-refractivity contribution < 1.29 is 0 Å². The molecular weight excluding hydrogens is 229 g/mol. The summed E-state index contributed by atoms with van der Waals surface area (Å²) in [5, 5.41) is 4.96. The van der Waals surface area contributed by atoms with E-state index in [1.807, 2.05) is 12.1 Å². The van der Waals surface area contributed by atoms with E-state index < -0.39 is 0 Å². The van der Waals surface area contributed by atoms with Crippen molar-refractivity contribution in [3.63, 3.8) is 0 Å². The molecule has 0 bridgehead atoms. The van der Waals surface area contributed by atoms with Crippen LogP contribution in [0.4, 0.5) is 0 Å². The number of hydrogen-bond donors (Lipinski definition) is 1. The second-order valence-electron chi connectivity index (χ2n) is 4.55. The number of halogens is 2. The van der Waals surface area contributed by atoms with Crippen LogP contribution in [0, 0.1) is 0 Å². The number of hydrogen-bond acceptors (Lipinski definition) is 1. The molecule has 2 rings (SSSR count). The predicted molar refractivity (Wildman–Crippen MR) is 65.6 cm³/mol. The van der Waals surface area contributed by atoms with E-state index in [0.717, 1.165) is 12.1 Å². The zero-order chi connectivity index (χ0) is 10.9. The van der Waals surface area contributed by atoms with E-state index in [-0.39, 0.29) is 0 Å². The molecule has 1 aromatic carbocycles. The Bertz CT molecular complexity index is 338. The summed E-state index contributed by atoms with van der Waals surface area (Å²) in [6, 6.07) is 5.68. The summed E-state index contributed by atoms with van der Waals surface area (Å²) in [7, 11) is 0. The van der Waals surface area contributed by atoms with Gasteiger partial charge in [0.1, 0.15) is 0 Å². The van der Waals surface area contributed by atoms with Gasteiger partial charge in [-0.25, -0.2) is 0 Å². The van der Waals surface area contributed by atoms with Crippen LogP contribution in [0.5, 0.6) is 0 Å². The van der Waals surface area contributed by atoms with Gasteiger partial charge < -0.3 is 5.32 Å². The van der Waals surface area contributed by atoms with Gasteiger partial charge in [-0.3, -0.25) is 0 Å². The van der Waals surface area contributed by atoms with Gasteiger partial charge in [-0.1, -0.05) is 23.2 Å². The Morgan fingerprint density at radius 2 is 1.80 bits per heavy atom. The van der Waals surface area contributed by atoms with Crippen LogP contribution in [0.25, 0.3) is 0 Å². The van der Waals surface area contributed by atoms with Crippen LogP contribution >= 0.6 is 23.2 Å². The fourth-order valence-corrected chi connectivity index (χ4v) is 2.48. The van der Waals surface area contributed by atoms with Crippen LogP contribution in [0.15, 0.2) is 18.2 Å². The van der Waals surface area contributed by atoms with Gasteiger partial charge in [-0.2, -0.15) is 0 Å². The first-order valence-corrected chi connectivity index (χ1v) is 6.03. The largest absolute Gasteiger partial charge is 0.307 e. The Kier molecular flexibility index (Phi) is 3.24. The lowest BCUT2D eigenvalue weighted by Crippen LogP contribution is -2.47. The van der Waals surface area contributed by atoms with Crippen LogP contribution in [0.2, 0.25) is 10.0 Å². The highest BCUT2D eigenvalue weighted by Crippen LogP contribution is 2.31. The predicted octanol–water partition coefficient (Wildman–Crippen LogP) is 4.03. The Balaban J connectivity index is 1.98. The average molecular weight is 244 g/mol.